The number of hydrogen-bond acceptors (Lipinski definition) is 4. The molecule has 2 aromatic heterocycles. The van der Waals surface area contributed by atoms with E-state index in [4.69, 9.17) is 5.11 Å². The number of aromatic nitrogens is 3. The molecule has 0 aliphatic rings. The summed E-state index contributed by atoms with van der Waals surface area (Å²) in [5.41, 5.74) is 0.0999. The second-order valence-corrected chi connectivity index (χ2v) is 2.41. The molecule has 2 rings (SSSR count). The molecule has 6 heteroatoms. The highest BCUT2D eigenvalue weighted by Crippen LogP contribution is 2.12. The van der Waals surface area contributed by atoms with Gasteiger partial charge in [0.25, 0.3) is 0 Å². The summed E-state index contributed by atoms with van der Waals surface area (Å²) in [5.74, 6) is -1.42. The molecule has 0 saturated carbocycles. The van der Waals surface area contributed by atoms with Gasteiger partial charge in [-0.25, -0.2) is 9.78 Å². The van der Waals surface area contributed by atoms with Gasteiger partial charge in [-0.05, 0) is 0 Å². The van der Waals surface area contributed by atoms with Gasteiger partial charge in [0, 0.05) is 12.1 Å². The average Bonchev–Trinajstić information content (AvgIpc) is 2.51. The summed E-state index contributed by atoms with van der Waals surface area (Å²) < 4.78 is 1.15. The maximum Gasteiger partial charge on any atom is 0.354 e. The first kappa shape index (κ1) is 7.53. The van der Waals surface area contributed by atoms with Gasteiger partial charge in [0.05, 0.1) is 6.20 Å². The zero-order chi connectivity index (χ0) is 9.42. The number of carbonyl (C=O) groups is 1. The van der Waals surface area contributed by atoms with Crippen LogP contribution in [0.5, 0.6) is 5.88 Å². The molecule has 0 spiro atoms. The summed E-state index contributed by atoms with van der Waals surface area (Å²) in [4.78, 5) is 14.3. The number of rotatable bonds is 1. The van der Waals surface area contributed by atoms with Crippen LogP contribution in [0.2, 0.25) is 0 Å². The van der Waals surface area contributed by atoms with E-state index in [0.717, 1.165) is 10.6 Å². The van der Waals surface area contributed by atoms with Crippen molar-refractivity contribution < 1.29 is 15.0 Å². The Balaban J connectivity index is 2.77. The maximum absolute atomic E-state index is 10.5. The minimum Gasteiger partial charge on any atom is -0.493 e. The van der Waals surface area contributed by atoms with Gasteiger partial charge in [-0.3, -0.25) is 0 Å². The van der Waals surface area contributed by atoms with Crippen molar-refractivity contribution >= 4 is 11.6 Å². The first-order valence-electron chi connectivity index (χ1n) is 3.45. The van der Waals surface area contributed by atoms with E-state index in [1.807, 2.05) is 0 Å². The van der Waals surface area contributed by atoms with Gasteiger partial charge in [0.1, 0.15) is 0 Å². The Kier molecular flexibility index (Phi) is 1.42. The normalized spacial score (nSPS) is 10.5. The second-order valence-electron chi connectivity index (χ2n) is 2.41. The van der Waals surface area contributed by atoms with Crippen LogP contribution >= 0.6 is 0 Å². The van der Waals surface area contributed by atoms with Crippen molar-refractivity contribution in [3.05, 3.63) is 24.0 Å². The summed E-state index contributed by atoms with van der Waals surface area (Å²) in [6.07, 6.45) is 1.42. The van der Waals surface area contributed by atoms with Gasteiger partial charge < -0.3 is 10.2 Å². The Morgan fingerprint density at radius 2 is 2.31 bits per heavy atom. The number of carboxylic acid groups (broad SMARTS) is 1. The smallest absolute Gasteiger partial charge is 0.354 e. The molecule has 6 nitrogen and oxygen atoms in total. The van der Waals surface area contributed by atoms with E-state index < -0.39 is 5.97 Å². The quantitative estimate of drug-likeness (QED) is 0.649. The third-order valence-electron chi connectivity index (χ3n) is 1.56. The SMILES string of the molecule is O=C(O)c1cc(O)n2nccc2n1. The van der Waals surface area contributed by atoms with Gasteiger partial charge >= 0.3 is 5.97 Å². The molecule has 0 saturated heterocycles. The Bertz CT molecular complexity index is 477. The summed E-state index contributed by atoms with van der Waals surface area (Å²) in [5, 5.41) is 21.6. The van der Waals surface area contributed by atoms with Gasteiger partial charge in [-0.2, -0.15) is 9.61 Å². The fourth-order valence-electron chi connectivity index (χ4n) is 1.01. The maximum atomic E-state index is 10.5. The van der Waals surface area contributed by atoms with Crippen molar-refractivity contribution in [2.75, 3.05) is 0 Å². The lowest BCUT2D eigenvalue weighted by Crippen LogP contribution is -2.02. The summed E-state index contributed by atoms with van der Waals surface area (Å²) >= 11 is 0. The van der Waals surface area contributed by atoms with E-state index in [0.29, 0.717) is 5.65 Å². The van der Waals surface area contributed by atoms with Crippen molar-refractivity contribution in [1.82, 2.24) is 14.6 Å². The molecule has 2 heterocycles. The molecule has 0 bridgehead atoms. The third-order valence-corrected chi connectivity index (χ3v) is 1.56. The monoisotopic (exact) mass is 179 g/mol. The highest BCUT2D eigenvalue weighted by Gasteiger charge is 2.09. The predicted molar refractivity (Wildman–Crippen MR) is 41.6 cm³/mol. The van der Waals surface area contributed by atoms with Crippen molar-refractivity contribution in [1.29, 1.82) is 0 Å². The molecule has 0 aliphatic heterocycles. The van der Waals surface area contributed by atoms with E-state index in [2.05, 4.69) is 10.1 Å². The van der Waals surface area contributed by atoms with Crippen LogP contribution in [0, 0.1) is 0 Å². The van der Waals surface area contributed by atoms with Crippen LogP contribution in [-0.2, 0) is 0 Å². The lowest BCUT2D eigenvalue weighted by Gasteiger charge is -1.98. The molecule has 2 aromatic rings. The van der Waals surface area contributed by atoms with E-state index in [-0.39, 0.29) is 11.6 Å². The Labute approximate surface area is 72.1 Å². The number of nitrogens with zero attached hydrogens (tertiary/aromatic N) is 3. The molecular formula is C7H5N3O3. The van der Waals surface area contributed by atoms with Crippen molar-refractivity contribution in [3.8, 4) is 5.88 Å². The second kappa shape index (κ2) is 2.44. The fourth-order valence-corrected chi connectivity index (χ4v) is 1.01. The Hall–Kier alpha value is -2.11. The lowest BCUT2D eigenvalue weighted by molar-refractivity contribution is 0.0690. The molecule has 66 valence electrons. The molecule has 0 unspecified atom stereocenters. The summed E-state index contributed by atoms with van der Waals surface area (Å²) in [6, 6.07) is 2.55. The first-order chi connectivity index (χ1) is 6.18. The van der Waals surface area contributed by atoms with Crippen LogP contribution in [0.15, 0.2) is 18.3 Å². The van der Waals surface area contributed by atoms with Gasteiger partial charge in [-0.15, -0.1) is 0 Å². The van der Waals surface area contributed by atoms with Gasteiger partial charge in [0.15, 0.2) is 11.3 Å². The van der Waals surface area contributed by atoms with Gasteiger partial charge in [-0.1, -0.05) is 0 Å². The minimum atomic E-state index is -1.18. The van der Waals surface area contributed by atoms with Crippen LogP contribution in [0.25, 0.3) is 5.65 Å². The highest BCUT2D eigenvalue weighted by atomic mass is 16.4. The summed E-state index contributed by atoms with van der Waals surface area (Å²) in [7, 11) is 0. The molecule has 0 fully saturated rings. The lowest BCUT2D eigenvalue weighted by atomic mass is 10.4. The summed E-state index contributed by atoms with van der Waals surface area (Å²) in [6.45, 7) is 0. The van der Waals surface area contributed by atoms with Gasteiger partial charge in [0.2, 0.25) is 5.88 Å². The Morgan fingerprint density at radius 1 is 1.54 bits per heavy atom. The highest BCUT2D eigenvalue weighted by molar-refractivity contribution is 5.86. The van der Waals surface area contributed by atoms with Crippen LogP contribution in [0.3, 0.4) is 0 Å². The number of fused-ring (bicyclic) bond motifs is 1. The average molecular weight is 179 g/mol. The molecule has 13 heavy (non-hydrogen) atoms. The molecular weight excluding hydrogens is 174 g/mol. The number of carboxylic acids is 1. The molecule has 2 N–H and O–H groups in total. The van der Waals surface area contributed by atoms with Crippen LogP contribution in [0.1, 0.15) is 10.5 Å². The van der Waals surface area contributed by atoms with Crippen LogP contribution in [-0.4, -0.2) is 30.8 Å². The zero-order valence-corrected chi connectivity index (χ0v) is 6.38. The zero-order valence-electron chi connectivity index (χ0n) is 6.38. The van der Waals surface area contributed by atoms with E-state index >= 15 is 0 Å². The fraction of sp³-hybridized carbons (Fsp3) is 0. The largest absolute Gasteiger partial charge is 0.493 e. The standard InChI is InChI=1S/C7H5N3O3/c11-6-3-4(7(12)13)9-5-1-2-8-10(5)6/h1-3,11H,(H,12,13). The van der Waals surface area contributed by atoms with Crippen molar-refractivity contribution in [2.24, 2.45) is 0 Å². The molecule has 0 radical (unpaired) electrons. The van der Waals surface area contributed by atoms with E-state index in [1.54, 1.807) is 0 Å². The first-order valence-corrected chi connectivity index (χ1v) is 3.45. The molecule has 0 amide bonds. The van der Waals surface area contributed by atoms with Crippen LogP contribution in [0.4, 0.5) is 0 Å². The number of hydrogen-bond donors (Lipinski definition) is 2. The number of aromatic carboxylic acids is 1. The van der Waals surface area contributed by atoms with Crippen LogP contribution < -0.4 is 0 Å². The predicted octanol–water partition coefficient (Wildman–Crippen LogP) is 0.133. The minimum absolute atomic E-state index is 0.203. The number of aromatic hydroxyl groups is 1. The molecule has 0 atom stereocenters. The van der Waals surface area contributed by atoms with Crippen molar-refractivity contribution in [2.45, 2.75) is 0 Å². The van der Waals surface area contributed by atoms with E-state index in [1.165, 1.54) is 12.3 Å². The molecule has 0 aliphatic carbocycles. The molecule has 0 aromatic carbocycles. The van der Waals surface area contributed by atoms with Crippen molar-refractivity contribution in [3.63, 3.8) is 0 Å². The van der Waals surface area contributed by atoms with E-state index in [9.17, 15) is 9.90 Å². The topological polar surface area (TPSA) is 87.7 Å². The Morgan fingerprint density at radius 3 is 3.00 bits per heavy atom. The third kappa shape index (κ3) is 1.08.